The molecule has 1 unspecified atom stereocenters. The Kier molecular flexibility index (Phi) is 4.45. The van der Waals surface area contributed by atoms with Crippen molar-refractivity contribution in [2.24, 2.45) is 5.73 Å². The molecule has 0 amide bonds. The minimum atomic E-state index is -0.544. The maximum absolute atomic E-state index is 6.26. The Labute approximate surface area is 115 Å². The van der Waals surface area contributed by atoms with E-state index in [-0.39, 0.29) is 6.04 Å². The standard InChI is InChI=1S/C15H24N2O2/c1-15(18-9-4-10-19-15)11-14(16)12-5-7-13(8-6-12)17(2)3/h5-8,14H,4,9-11,16H2,1-3H3. The molecule has 0 aromatic heterocycles. The Morgan fingerprint density at radius 1 is 1.21 bits per heavy atom. The largest absolute Gasteiger partial charge is 0.378 e. The van der Waals surface area contributed by atoms with Gasteiger partial charge in [-0.05, 0) is 31.0 Å². The van der Waals surface area contributed by atoms with Crippen molar-refractivity contribution in [3.8, 4) is 0 Å². The van der Waals surface area contributed by atoms with Gasteiger partial charge in [0.2, 0.25) is 0 Å². The van der Waals surface area contributed by atoms with Crippen LogP contribution in [-0.2, 0) is 9.47 Å². The molecule has 1 fully saturated rings. The van der Waals surface area contributed by atoms with E-state index in [0.29, 0.717) is 6.42 Å². The first-order chi connectivity index (χ1) is 9.00. The van der Waals surface area contributed by atoms with Crippen LogP contribution in [0.3, 0.4) is 0 Å². The van der Waals surface area contributed by atoms with Gasteiger partial charge in [0.15, 0.2) is 5.79 Å². The highest BCUT2D eigenvalue weighted by molar-refractivity contribution is 5.46. The Hall–Kier alpha value is -1.10. The number of nitrogens with two attached hydrogens (primary N) is 1. The predicted octanol–water partition coefficient (Wildman–Crippen LogP) is 2.30. The van der Waals surface area contributed by atoms with E-state index < -0.39 is 5.79 Å². The lowest BCUT2D eigenvalue weighted by molar-refractivity contribution is -0.260. The molecule has 19 heavy (non-hydrogen) atoms. The summed E-state index contributed by atoms with van der Waals surface area (Å²) in [5.41, 5.74) is 8.55. The number of hydrogen-bond donors (Lipinski definition) is 1. The van der Waals surface area contributed by atoms with Gasteiger partial charge in [-0.2, -0.15) is 0 Å². The third-order valence-corrected chi connectivity index (χ3v) is 3.53. The van der Waals surface area contributed by atoms with Crippen LogP contribution in [0.4, 0.5) is 5.69 Å². The van der Waals surface area contributed by atoms with Crippen molar-refractivity contribution in [3.63, 3.8) is 0 Å². The van der Waals surface area contributed by atoms with Gasteiger partial charge in [-0.3, -0.25) is 0 Å². The monoisotopic (exact) mass is 264 g/mol. The van der Waals surface area contributed by atoms with Gasteiger partial charge >= 0.3 is 0 Å². The van der Waals surface area contributed by atoms with E-state index in [4.69, 9.17) is 15.2 Å². The van der Waals surface area contributed by atoms with Gasteiger partial charge in [0.05, 0.1) is 13.2 Å². The zero-order chi connectivity index (χ0) is 13.9. The molecule has 0 saturated carbocycles. The van der Waals surface area contributed by atoms with Crippen molar-refractivity contribution in [1.82, 2.24) is 0 Å². The fourth-order valence-corrected chi connectivity index (χ4v) is 2.33. The molecular weight excluding hydrogens is 240 g/mol. The van der Waals surface area contributed by atoms with Crippen molar-refractivity contribution in [2.75, 3.05) is 32.2 Å². The molecule has 1 aromatic carbocycles. The maximum atomic E-state index is 6.26. The summed E-state index contributed by atoms with van der Waals surface area (Å²) < 4.78 is 11.4. The number of hydrogen-bond acceptors (Lipinski definition) is 4. The van der Waals surface area contributed by atoms with Crippen LogP contribution in [-0.4, -0.2) is 33.1 Å². The highest BCUT2D eigenvalue weighted by Crippen LogP contribution is 2.29. The summed E-state index contributed by atoms with van der Waals surface area (Å²) in [5.74, 6) is -0.544. The van der Waals surface area contributed by atoms with E-state index in [1.807, 2.05) is 21.0 Å². The summed E-state index contributed by atoms with van der Waals surface area (Å²) in [6.45, 7) is 3.48. The molecule has 1 atom stereocenters. The molecule has 1 aliphatic heterocycles. The lowest BCUT2D eigenvalue weighted by Gasteiger charge is -2.35. The van der Waals surface area contributed by atoms with Crippen LogP contribution >= 0.6 is 0 Å². The average molecular weight is 264 g/mol. The second-order valence-corrected chi connectivity index (χ2v) is 5.48. The number of benzene rings is 1. The molecular formula is C15H24N2O2. The molecule has 0 radical (unpaired) electrons. The van der Waals surface area contributed by atoms with E-state index in [0.717, 1.165) is 25.2 Å². The second-order valence-electron chi connectivity index (χ2n) is 5.48. The summed E-state index contributed by atoms with van der Waals surface area (Å²) >= 11 is 0. The van der Waals surface area contributed by atoms with Crippen molar-refractivity contribution < 1.29 is 9.47 Å². The molecule has 0 spiro atoms. The van der Waals surface area contributed by atoms with Crippen LogP contribution in [0.1, 0.15) is 31.4 Å². The number of rotatable bonds is 4. The van der Waals surface area contributed by atoms with Gasteiger partial charge in [-0.25, -0.2) is 0 Å². The van der Waals surface area contributed by atoms with Crippen molar-refractivity contribution in [3.05, 3.63) is 29.8 Å². The Morgan fingerprint density at radius 2 is 1.79 bits per heavy atom. The highest BCUT2D eigenvalue weighted by Gasteiger charge is 2.31. The Morgan fingerprint density at radius 3 is 2.32 bits per heavy atom. The smallest absolute Gasteiger partial charge is 0.167 e. The van der Waals surface area contributed by atoms with Gasteiger partial charge in [0.25, 0.3) is 0 Å². The first kappa shape index (κ1) is 14.3. The van der Waals surface area contributed by atoms with E-state index in [9.17, 15) is 0 Å². The molecule has 0 bridgehead atoms. The fraction of sp³-hybridized carbons (Fsp3) is 0.600. The predicted molar refractivity (Wildman–Crippen MR) is 77.2 cm³/mol. The maximum Gasteiger partial charge on any atom is 0.167 e. The number of anilines is 1. The number of nitrogens with zero attached hydrogens (tertiary/aromatic N) is 1. The molecule has 4 nitrogen and oxygen atoms in total. The Bertz CT molecular complexity index is 397. The first-order valence-electron chi connectivity index (χ1n) is 6.81. The molecule has 1 aromatic rings. The third kappa shape index (κ3) is 3.69. The van der Waals surface area contributed by atoms with Crippen LogP contribution in [0, 0.1) is 0 Å². The van der Waals surface area contributed by atoms with E-state index in [2.05, 4.69) is 29.2 Å². The average Bonchev–Trinajstić information content (AvgIpc) is 2.39. The molecule has 2 rings (SSSR count). The minimum Gasteiger partial charge on any atom is -0.378 e. The lowest BCUT2D eigenvalue weighted by atomic mass is 9.99. The SMILES string of the molecule is CN(C)c1ccc(C(N)CC2(C)OCCCO2)cc1. The summed E-state index contributed by atoms with van der Waals surface area (Å²) in [6.07, 6.45) is 1.64. The topological polar surface area (TPSA) is 47.7 Å². The van der Waals surface area contributed by atoms with Gasteiger partial charge < -0.3 is 20.1 Å². The zero-order valence-corrected chi connectivity index (χ0v) is 12.1. The summed E-state index contributed by atoms with van der Waals surface area (Å²) in [7, 11) is 4.05. The van der Waals surface area contributed by atoms with Crippen LogP contribution in [0.5, 0.6) is 0 Å². The summed E-state index contributed by atoms with van der Waals surface area (Å²) in [6, 6.07) is 8.25. The van der Waals surface area contributed by atoms with Crippen molar-refractivity contribution in [1.29, 1.82) is 0 Å². The van der Waals surface area contributed by atoms with E-state index >= 15 is 0 Å². The second kappa shape index (κ2) is 5.90. The molecule has 1 heterocycles. The van der Waals surface area contributed by atoms with E-state index in [1.54, 1.807) is 0 Å². The summed E-state index contributed by atoms with van der Waals surface area (Å²) in [4.78, 5) is 2.07. The summed E-state index contributed by atoms with van der Waals surface area (Å²) in [5, 5.41) is 0. The van der Waals surface area contributed by atoms with Crippen LogP contribution in [0.2, 0.25) is 0 Å². The highest BCUT2D eigenvalue weighted by atomic mass is 16.7. The van der Waals surface area contributed by atoms with E-state index in [1.165, 1.54) is 5.69 Å². The van der Waals surface area contributed by atoms with Gasteiger partial charge in [-0.15, -0.1) is 0 Å². The van der Waals surface area contributed by atoms with Gasteiger partial charge in [-0.1, -0.05) is 12.1 Å². The molecule has 0 aliphatic carbocycles. The zero-order valence-electron chi connectivity index (χ0n) is 12.1. The first-order valence-corrected chi connectivity index (χ1v) is 6.81. The van der Waals surface area contributed by atoms with Crippen molar-refractivity contribution >= 4 is 5.69 Å². The minimum absolute atomic E-state index is 0.0701. The fourth-order valence-electron chi connectivity index (χ4n) is 2.33. The molecule has 2 N–H and O–H groups in total. The molecule has 4 heteroatoms. The third-order valence-electron chi connectivity index (χ3n) is 3.53. The normalized spacial score (nSPS) is 20.0. The molecule has 1 saturated heterocycles. The van der Waals surface area contributed by atoms with Crippen LogP contribution in [0.25, 0.3) is 0 Å². The van der Waals surface area contributed by atoms with Gasteiger partial charge in [0, 0.05) is 32.2 Å². The quantitative estimate of drug-likeness (QED) is 0.906. The Balaban J connectivity index is 2.00. The van der Waals surface area contributed by atoms with Crippen LogP contribution in [0.15, 0.2) is 24.3 Å². The van der Waals surface area contributed by atoms with Crippen molar-refractivity contribution in [2.45, 2.75) is 31.6 Å². The molecule has 106 valence electrons. The lowest BCUT2D eigenvalue weighted by Crippen LogP contribution is -2.40. The van der Waals surface area contributed by atoms with Crippen LogP contribution < -0.4 is 10.6 Å². The van der Waals surface area contributed by atoms with Gasteiger partial charge in [0.1, 0.15) is 0 Å². The molecule has 1 aliphatic rings. The number of ether oxygens (including phenoxy) is 2.